The predicted molar refractivity (Wildman–Crippen MR) is 188 cm³/mol. The van der Waals surface area contributed by atoms with Crippen LogP contribution >= 0.6 is 0 Å². The lowest BCUT2D eigenvalue weighted by molar-refractivity contribution is -0.125. The molecule has 1 aliphatic rings. The number of hydrogen-bond acceptors (Lipinski definition) is 14. The summed E-state index contributed by atoms with van der Waals surface area (Å²) in [6.07, 6.45) is 3.21. The van der Waals surface area contributed by atoms with Crippen LogP contribution in [-0.2, 0) is 4.79 Å². The highest BCUT2D eigenvalue weighted by molar-refractivity contribution is 5.98. The Labute approximate surface area is 300 Å². The Morgan fingerprint density at radius 2 is 1.60 bits per heavy atom. The fourth-order valence-electron chi connectivity index (χ4n) is 6.21. The van der Waals surface area contributed by atoms with E-state index in [4.69, 9.17) is 9.97 Å². The van der Waals surface area contributed by atoms with Gasteiger partial charge >= 0.3 is 6.03 Å². The molecule has 1 aliphatic carbocycles. The van der Waals surface area contributed by atoms with E-state index >= 15 is 0 Å². The molecular formula is C34H34N12O7. The lowest BCUT2D eigenvalue weighted by atomic mass is 9.91. The van der Waals surface area contributed by atoms with Crippen molar-refractivity contribution >= 4 is 40.6 Å². The largest absolute Gasteiger partial charge is 0.508 e. The normalized spacial score (nSPS) is 18.3. The third kappa shape index (κ3) is 7.52. The Balaban J connectivity index is 1.24. The second kappa shape index (κ2) is 14.9. The summed E-state index contributed by atoms with van der Waals surface area (Å²) in [7, 11) is 0. The number of aliphatic hydroxyl groups excluding tert-OH is 3. The number of aromatic nitrogens is 8. The summed E-state index contributed by atoms with van der Waals surface area (Å²) < 4.78 is 2.81. The number of carbonyl (C=O) groups excluding carboxylic acids is 2. The molecule has 6 aromatic rings. The third-order valence-corrected chi connectivity index (χ3v) is 8.81. The molecule has 2 aromatic carbocycles. The van der Waals surface area contributed by atoms with Gasteiger partial charge in [0.2, 0.25) is 5.91 Å². The van der Waals surface area contributed by atoms with Gasteiger partial charge in [-0.15, -0.1) is 5.10 Å². The lowest BCUT2D eigenvalue weighted by Crippen LogP contribution is -2.44. The zero-order valence-electron chi connectivity index (χ0n) is 27.7. The number of nitrogens with zero attached hydrogens (tertiary/aromatic N) is 8. The van der Waals surface area contributed by atoms with E-state index in [9.17, 15) is 35.1 Å². The van der Waals surface area contributed by atoms with Gasteiger partial charge in [0.25, 0.3) is 11.9 Å². The highest BCUT2D eigenvalue weighted by Crippen LogP contribution is 2.35. The SMILES string of the molecule is O=C(CO)N[C@H]1C[C@@H](n2cnc3c(NCC(c4ccc(O)cc4)c4ccc(O)cc4)nc(-n4cnc(NC(=O)Nc5cccnc5)n4)nc32)[C@H](O)[C@@H]1O. The van der Waals surface area contributed by atoms with Crippen LogP contribution in [0.2, 0.25) is 0 Å². The maximum Gasteiger partial charge on any atom is 0.326 e. The van der Waals surface area contributed by atoms with Crippen LogP contribution in [-0.4, -0.2) is 108 Å². The summed E-state index contributed by atoms with van der Waals surface area (Å²) in [6, 6.07) is 14.5. The minimum absolute atomic E-state index is 0.0129. The van der Waals surface area contributed by atoms with Crippen molar-refractivity contribution in [3.8, 4) is 17.4 Å². The third-order valence-electron chi connectivity index (χ3n) is 8.81. The fourth-order valence-corrected chi connectivity index (χ4v) is 6.21. The Bertz CT molecular complexity index is 2170. The van der Waals surface area contributed by atoms with Crippen LogP contribution in [0.4, 0.5) is 22.2 Å². The molecule has 3 amide bonds. The summed E-state index contributed by atoms with van der Waals surface area (Å²) in [5, 5.41) is 66.4. The number of hydrogen-bond donors (Lipinski definition) is 9. The molecule has 53 heavy (non-hydrogen) atoms. The molecular weight excluding hydrogens is 688 g/mol. The van der Waals surface area contributed by atoms with Gasteiger partial charge in [-0.3, -0.25) is 15.1 Å². The highest BCUT2D eigenvalue weighted by atomic mass is 16.3. The van der Waals surface area contributed by atoms with Crippen molar-refractivity contribution in [2.24, 2.45) is 0 Å². The van der Waals surface area contributed by atoms with Crippen LogP contribution in [0, 0.1) is 0 Å². The molecule has 9 N–H and O–H groups in total. The van der Waals surface area contributed by atoms with Crippen molar-refractivity contribution in [2.45, 2.75) is 36.6 Å². The molecule has 7 rings (SSSR count). The van der Waals surface area contributed by atoms with Crippen molar-refractivity contribution in [3.05, 3.63) is 96.8 Å². The summed E-state index contributed by atoms with van der Waals surface area (Å²) >= 11 is 0. The number of fused-ring (bicyclic) bond motifs is 1. The highest BCUT2D eigenvalue weighted by Gasteiger charge is 2.44. The van der Waals surface area contributed by atoms with E-state index < -0.39 is 42.8 Å². The Morgan fingerprint density at radius 3 is 2.26 bits per heavy atom. The van der Waals surface area contributed by atoms with Crippen molar-refractivity contribution in [3.63, 3.8) is 0 Å². The second-order valence-corrected chi connectivity index (χ2v) is 12.3. The average Bonchev–Trinajstić information content (AvgIpc) is 3.88. The first-order valence-electron chi connectivity index (χ1n) is 16.4. The quantitative estimate of drug-likeness (QED) is 0.0911. The van der Waals surface area contributed by atoms with Crippen molar-refractivity contribution in [1.82, 2.24) is 44.6 Å². The van der Waals surface area contributed by atoms with Gasteiger partial charge in [0.1, 0.15) is 36.6 Å². The maximum absolute atomic E-state index is 12.6. The van der Waals surface area contributed by atoms with Crippen LogP contribution in [0.15, 0.2) is 85.7 Å². The number of phenolic OH excluding ortho intramolecular Hbond substituents is 2. The number of imidazole rings is 1. The van der Waals surface area contributed by atoms with Gasteiger partial charge in [-0.05, 0) is 53.9 Å². The molecule has 0 radical (unpaired) electrons. The first-order chi connectivity index (χ1) is 25.7. The summed E-state index contributed by atoms with van der Waals surface area (Å²) in [5.41, 5.74) is 2.72. The minimum atomic E-state index is -1.34. The molecule has 0 saturated heterocycles. The van der Waals surface area contributed by atoms with Gasteiger partial charge < -0.3 is 46.1 Å². The Morgan fingerprint density at radius 1 is 0.887 bits per heavy atom. The van der Waals surface area contributed by atoms with E-state index in [2.05, 4.69) is 41.3 Å². The second-order valence-electron chi connectivity index (χ2n) is 12.3. The molecule has 0 spiro atoms. The van der Waals surface area contributed by atoms with Crippen LogP contribution in [0.3, 0.4) is 0 Å². The van der Waals surface area contributed by atoms with Crippen LogP contribution in [0.5, 0.6) is 11.5 Å². The Kier molecular flexibility index (Phi) is 9.75. The number of amides is 3. The molecule has 19 heteroatoms. The number of benzene rings is 2. The van der Waals surface area contributed by atoms with E-state index in [-0.39, 0.29) is 53.7 Å². The molecule has 0 unspecified atom stereocenters. The van der Waals surface area contributed by atoms with Crippen LogP contribution in [0.1, 0.15) is 29.5 Å². The van der Waals surface area contributed by atoms with Gasteiger partial charge in [-0.1, -0.05) is 24.3 Å². The first-order valence-corrected chi connectivity index (χ1v) is 16.4. The molecule has 1 fully saturated rings. The zero-order chi connectivity index (χ0) is 37.1. The average molecular weight is 723 g/mol. The minimum Gasteiger partial charge on any atom is -0.508 e. The van der Waals surface area contributed by atoms with Crippen molar-refractivity contribution < 1.29 is 35.1 Å². The van der Waals surface area contributed by atoms with Crippen molar-refractivity contribution in [2.75, 3.05) is 29.1 Å². The van der Waals surface area contributed by atoms with Gasteiger partial charge in [0.05, 0.1) is 30.3 Å². The predicted octanol–water partition coefficient (Wildman–Crippen LogP) is 1.24. The van der Waals surface area contributed by atoms with E-state index in [0.29, 0.717) is 11.2 Å². The smallest absolute Gasteiger partial charge is 0.326 e. The number of urea groups is 1. The molecule has 4 aromatic heterocycles. The van der Waals surface area contributed by atoms with E-state index in [0.717, 1.165) is 11.1 Å². The number of rotatable bonds is 11. The van der Waals surface area contributed by atoms with Gasteiger partial charge in [-0.2, -0.15) is 19.6 Å². The molecule has 272 valence electrons. The summed E-state index contributed by atoms with van der Waals surface area (Å²) in [6.45, 7) is -0.522. The monoisotopic (exact) mass is 722 g/mol. The van der Waals surface area contributed by atoms with E-state index in [1.807, 2.05) is 0 Å². The number of aromatic hydroxyl groups is 2. The number of carbonyl (C=O) groups is 2. The standard InChI is InChI=1S/C34H34N12O7/c47-15-26(50)40-24-12-25(29(52)28(24)51)45-16-37-27-30(36-14-23(18-3-7-21(48)8-4-18)19-5-9-22(49)10-6-19)41-33(42-31(27)45)46-17-38-32(44-46)43-34(53)39-20-2-1-11-35-13-20/h1-11,13,16-17,23-25,28-29,47-49,51-52H,12,14-15H2,(H,40,50)(H,36,41,42)(H2,39,43,44,53)/t24-,25+,28+,29-/m0/s1. The molecule has 1 saturated carbocycles. The van der Waals surface area contributed by atoms with Crippen LogP contribution in [0.25, 0.3) is 17.1 Å². The molecule has 0 aliphatic heterocycles. The summed E-state index contributed by atoms with van der Waals surface area (Å²) in [4.78, 5) is 46.6. The first kappa shape index (κ1) is 34.7. The number of nitrogens with one attached hydrogen (secondary N) is 4. The molecule has 19 nitrogen and oxygen atoms in total. The van der Waals surface area contributed by atoms with E-state index in [1.54, 1.807) is 71.4 Å². The fraction of sp³-hybridized carbons (Fsp3) is 0.235. The lowest BCUT2D eigenvalue weighted by Gasteiger charge is -2.20. The molecule has 4 atom stereocenters. The van der Waals surface area contributed by atoms with Gasteiger partial charge in [0, 0.05) is 18.7 Å². The number of aliphatic hydroxyl groups is 3. The Hall–Kier alpha value is -6.70. The summed E-state index contributed by atoms with van der Waals surface area (Å²) in [5.74, 6) is -0.567. The number of pyridine rings is 1. The van der Waals surface area contributed by atoms with E-state index in [1.165, 1.54) is 23.5 Å². The number of phenols is 2. The van der Waals surface area contributed by atoms with Gasteiger partial charge in [0.15, 0.2) is 17.0 Å². The number of anilines is 3. The van der Waals surface area contributed by atoms with Crippen molar-refractivity contribution in [1.29, 1.82) is 0 Å². The van der Waals surface area contributed by atoms with Crippen LogP contribution < -0.4 is 21.3 Å². The topological polar surface area (TPSA) is 271 Å². The zero-order valence-corrected chi connectivity index (χ0v) is 27.7. The molecule has 0 bridgehead atoms. The maximum atomic E-state index is 12.6. The van der Waals surface area contributed by atoms with Gasteiger partial charge in [-0.25, -0.2) is 9.78 Å². The molecule has 4 heterocycles.